The van der Waals surface area contributed by atoms with Crippen molar-refractivity contribution >= 4 is 0 Å². The number of nitrogens with one attached hydrogen (secondary N) is 1. The van der Waals surface area contributed by atoms with E-state index >= 15 is 0 Å². The minimum Gasteiger partial charge on any atom is -0.471 e. The minimum atomic E-state index is 0.206. The second-order valence-electron chi connectivity index (χ2n) is 5.78. The van der Waals surface area contributed by atoms with Gasteiger partial charge in [-0.2, -0.15) is 0 Å². The Morgan fingerprint density at radius 1 is 1.39 bits per heavy atom. The van der Waals surface area contributed by atoms with E-state index in [4.69, 9.17) is 4.74 Å². The van der Waals surface area contributed by atoms with Crippen LogP contribution < -0.4 is 4.74 Å². The van der Waals surface area contributed by atoms with E-state index in [1.54, 1.807) is 6.20 Å². The monoisotopic (exact) mass is 244 g/mol. The maximum Gasteiger partial charge on any atom is 0.226 e. The van der Waals surface area contributed by atoms with E-state index in [9.17, 15) is 0 Å². The summed E-state index contributed by atoms with van der Waals surface area (Å²) in [4.78, 5) is 16.2. The molecule has 2 aromatic heterocycles. The number of hydrogen-bond donors (Lipinski definition) is 1. The fraction of sp³-hybridized carbons (Fsp3) is 0.462. The number of aromatic amines is 1. The number of ether oxygens (including phenoxy) is 1. The van der Waals surface area contributed by atoms with E-state index in [0.29, 0.717) is 12.5 Å². The van der Waals surface area contributed by atoms with Gasteiger partial charge in [0.2, 0.25) is 5.88 Å². The van der Waals surface area contributed by atoms with Gasteiger partial charge in [-0.25, -0.2) is 15.0 Å². The van der Waals surface area contributed by atoms with E-state index in [0.717, 1.165) is 29.2 Å². The highest BCUT2D eigenvalue weighted by molar-refractivity contribution is 5.67. The van der Waals surface area contributed by atoms with E-state index in [-0.39, 0.29) is 5.41 Å². The van der Waals surface area contributed by atoms with E-state index < -0.39 is 0 Å². The second kappa shape index (κ2) is 3.80. The van der Waals surface area contributed by atoms with E-state index in [1.807, 2.05) is 0 Å². The van der Waals surface area contributed by atoms with Gasteiger partial charge in [0.15, 0.2) is 0 Å². The number of hydrogen-bond acceptors (Lipinski definition) is 4. The van der Waals surface area contributed by atoms with Crippen molar-refractivity contribution in [1.82, 2.24) is 19.9 Å². The number of imidazole rings is 1. The van der Waals surface area contributed by atoms with Gasteiger partial charge in [0.1, 0.15) is 24.5 Å². The third kappa shape index (κ3) is 1.96. The lowest BCUT2D eigenvalue weighted by atomic mass is 9.92. The predicted octanol–water partition coefficient (Wildman–Crippen LogP) is 2.35. The normalized spacial score (nSPS) is 13.7. The second-order valence-corrected chi connectivity index (χ2v) is 5.78. The summed E-state index contributed by atoms with van der Waals surface area (Å²) in [5, 5.41) is 0. The fourth-order valence-corrected chi connectivity index (χ4v) is 2.11. The average Bonchev–Trinajstić information content (AvgIpc) is 2.69. The molecule has 2 aromatic rings. The lowest BCUT2D eigenvalue weighted by Gasteiger charge is -2.15. The van der Waals surface area contributed by atoms with Crippen LogP contribution in [0.4, 0.5) is 0 Å². The van der Waals surface area contributed by atoms with Crippen molar-refractivity contribution in [3.63, 3.8) is 0 Å². The highest BCUT2D eigenvalue weighted by Crippen LogP contribution is 2.34. The lowest BCUT2D eigenvalue weighted by molar-refractivity contribution is 0.284. The summed E-state index contributed by atoms with van der Waals surface area (Å²) in [6, 6.07) is 0. The van der Waals surface area contributed by atoms with Crippen LogP contribution in [0.1, 0.15) is 32.3 Å². The Bertz CT molecular complexity index is 583. The van der Waals surface area contributed by atoms with Crippen LogP contribution in [0, 0.1) is 5.41 Å². The van der Waals surface area contributed by atoms with Gasteiger partial charge in [0.05, 0.1) is 11.3 Å². The van der Waals surface area contributed by atoms with Gasteiger partial charge < -0.3 is 9.72 Å². The Hall–Kier alpha value is -1.91. The molecule has 0 unspecified atom stereocenters. The van der Waals surface area contributed by atoms with Crippen LogP contribution in [-0.2, 0) is 13.0 Å². The molecule has 3 heterocycles. The van der Waals surface area contributed by atoms with Gasteiger partial charge in [-0.1, -0.05) is 20.8 Å². The fourth-order valence-electron chi connectivity index (χ4n) is 2.11. The summed E-state index contributed by atoms with van der Waals surface area (Å²) in [5.74, 6) is 1.61. The van der Waals surface area contributed by atoms with Crippen molar-refractivity contribution in [3.05, 3.63) is 24.0 Å². The molecule has 3 rings (SSSR count). The molecule has 5 heteroatoms. The van der Waals surface area contributed by atoms with Crippen LogP contribution in [0.2, 0.25) is 0 Å². The summed E-state index contributed by atoms with van der Waals surface area (Å²) >= 11 is 0. The maximum atomic E-state index is 5.57. The Balaban J connectivity index is 2.02. The molecule has 0 atom stereocenters. The smallest absolute Gasteiger partial charge is 0.226 e. The first-order chi connectivity index (χ1) is 8.53. The van der Waals surface area contributed by atoms with Crippen molar-refractivity contribution in [1.29, 1.82) is 0 Å². The number of fused-ring (bicyclic) bond motifs is 3. The van der Waals surface area contributed by atoms with Crippen molar-refractivity contribution < 1.29 is 4.74 Å². The molecule has 0 bridgehead atoms. The summed E-state index contributed by atoms with van der Waals surface area (Å²) < 4.78 is 5.57. The molecular formula is C13H16N4O. The van der Waals surface area contributed by atoms with Crippen molar-refractivity contribution in [2.24, 2.45) is 5.41 Å². The standard InChI is InChI=1S/C13H16N4O/c1-13(2,3)4-10-16-9-6-18-12-8(11(9)17-10)5-14-7-15-12/h5,7H,4,6H2,1-3H3,(H,16,17). The van der Waals surface area contributed by atoms with Crippen molar-refractivity contribution in [2.75, 3.05) is 0 Å². The van der Waals surface area contributed by atoms with Crippen LogP contribution in [0.25, 0.3) is 11.3 Å². The number of H-pyrrole nitrogens is 1. The Morgan fingerprint density at radius 3 is 3.00 bits per heavy atom. The zero-order chi connectivity index (χ0) is 12.8. The molecule has 0 aliphatic carbocycles. The highest BCUT2D eigenvalue weighted by atomic mass is 16.5. The summed E-state index contributed by atoms with van der Waals surface area (Å²) in [6.07, 6.45) is 4.15. The van der Waals surface area contributed by atoms with Crippen molar-refractivity contribution in [2.45, 2.75) is 33.8 Å². The molecule has 18 heavy (non-hydrogen) atoms. The van der Waals surface area contributed by atoms with Crippen LogP contribution >= 0.6 is 0 Å². The summed E-state index contributed by atoms with van der Waals surface area (Å²) in [6.45, 7) is 7.09. The molecule has 5 nitrogen and oxygen atoms in total. The summed E-state index contributed by atoms with van der Waals surface area (Å²) in [5.41, 5.74) is 3.01. The average molecular weight is 244 g/mol. The Labute approximate surface area is 106 Å². The van der Waals surface area contributed by atoms with Gasteiger partial charge >= 0.3 is 0 Å². The van der Waals surface area contributed by atoms with E-state index in [2.05, 4.69) is 40.7 Å². The molecule has 1 N–H and O–H groups in total. The third-order valence-electron chi connectivity index (χ3n) is 2.81. The number of nitrogens with zero attached hydrogens (tertiary/aromatic N) is 3. The van der Waals surface area contributed by atoms with Crippen LogP contribution in [-0.4, -0.2) is 19.9 Å². The molecule has 1 aliphatic heterocycles. The topological polar surface area (TPSA) is 63.7 Å². The van der Waals surface area contributed by atoms with Gasteiger partial charge in [0.25, 0.3) is 0 Å². The Morgan fingerprint density at radius 2 is 2.22 bits per heavy atom. The maximum absolute atomic E-state index is 5.57. The quantitative estimate of drug-likeness (QED) is 0.836. The first-order valence-corrected chi connectivity index (χ1v) is 6.04. The summed E-state index contributed by atoms with van der Waals surface area (Å²) in [7, 11) is 0. The van der Waals surface area contributed by atoms with Gasteiger partial charge in [-0.3, -0.25) is 0 Å². The molecule has 0 spiro atoms. The molecule has 0 fully saturated rings. The Kier molecular flexibility index (Phi) is 2.36. The molecule has 0 saturated heterocycles. The number of rotatable bonds is 1. The zero-order valence-corrected chi connectivity index (χ0v) is 10.8. The third-order valence-corrected chi connectivity index (χ3v) is 2.81. The van der Waals surface area contributed by atoms with Crippen molar-refractivity contribution in [3.8, 4) is 17.1 Å². The van der Waals surface area contributed by atoms with Gasteiger partial charge in [-0.15, -0.1) is 0 Å². The molecular weight excluding hydrogens is 228 g/mol. The first-order valence-electron chi connectivity index (χ1n) is 6.04. The number of aromatic nitrogens is 4. The minimum absolute atomic E-state index is 0.206. The largest absolute Gasteiger partial charge is 0.471 e. The van der Waals surface area contributed by atoms with E-state index in [1.165, 1.54) is 6.33 Å². The molecule has 0 radical (unpaired) electrons. The zero-order valence-electron chi connectivity index (χ0n) is 10.8. The highest BCUT2D eigenvalue weighted by Gasteiger charge is 2.24. The predicted molar refractivity (Wildman–Crippen MR) is 67.1 cm³/mol. The molecule has 0 aromatic carbocycles. The van der Waals surface area contributed by atoms with Crippen LogP contribution in [0.5, 0.6) is 5.88 Å². The molecule has 94 valence electrons. The van der Waals surface area contributed by atoms with Crippen LogP contribution in [0.3, 0.4) is 0 Å². The molecule has 1 aliphatic rings. The first kappa shape index (κ1) is 11.2. The van der Waals surface area contributed by atoms with Gasteiger partial charge in [-0.05, 0) is 5.41 Å². The van der Waals surface area contributed by atoms with Gasteiger partial charge in [0, 0.05) is 12.6 Å². The lowest BCUT2D eigenvalue weighted by Crippen LogP contribution is -2.10. The van der Waals surface area contributed by atoms with Crippen LogP contribution in [0.15, 0.2) is 12.5 Å². The molecule has 0 amide bonds. The SMILES string of the molecule is CC(C)(C)Cc1nc2c([nH]1)COc1ncncc1-2. The molecule has 0 saturated carbocycles.